The van der Waals surface area contributed by atoms with Gasteiger partial charge in [-0.25, -0.2) is 8.42 Å². The second kappa shape index (κ2) is 7.67. The number of anilines is 1. The van der Waals surface area contributed by atoms with Gasteiger partial charge in [0.1, 0.15) is 0 Å². The predicted molar refractivity (Wildman–Crippen MR) is 99.0 cm³/mol. The number of hydrogen-bond donors (Lipinski definition) is 2. The van der Waals surface area contributed by atoms with Gasteiger partial charge in [0, 0.05) is 25.2 Å². The Labute approximate surface area is 148 Å². The number of rotatable bonds is 6. The average Bonchev–Trinajstić information content (AvgIpc) is 2.61. The summed E-state index contributed by atoms with van der Waals surface area (Å²) in [6.07, 6.45) is 0. The van der Waals surface area contributed by atoms with Crippen molar-refractivity contribution in [2.24, 2.45) is 5.73 Å². The molecule has 1 amide bonds. The number of aryl methyl sites for hydroxylation is 1. The van der Waals surface area contributed by atoms with Crippen LogP contribution >= 0.6 is 0 Å². The summed E-state index contributed by atoms with van der Waals surface area (Å²) in [5.41, 5.74) is 7.34. The molecule has 0 heterocycles. The molecule has 1 atom stereocenters. The van der Waals surface area contributed by atoms with Gasteiger partial charge >= 0.3 is 0 Å². The minimum atomic E-state index is -3.71. The molecule has 0 aromatic heterocycles. The van der Waals surface area contributed by atoms with Crippen molar-refractivity contribution in [1.82, 2.24) is 4.90 Å². The number of likely N-dealkylation sites (N-methyl/N-ethyl adjacent to an activating group) is 1. The van der Waals surface area contributed by atoms with E-state index in [4.69, 9.17) is 5.73 Å². The lowest BCUT2D eigenvalue weighted by Crippen LogP contribution is -2.39. The number of carbonyl (C=O) groups is 1. The second-order valence-corrected chi connectivity index (χ2v) is 7.63. The van der Waals surface area contributed by atoms with E-state index in [1.807, 2.05) is 26.0 Å². The molecule has 0 aliphatic rings. The molecule has 0 aliphatic carbocycles. The number of nitrogens with two attached hydrogens (primary N) is 1. The number of nitrogens with one attached hydrogen (secondary N) is 1. The Morgan fingerprint density at radius 3 is 2.32 bits per heavy atom. The molecule has 2 aromatic carbocycles. The monoisotopic (exact) mass is 361 g/mol. The molecular formula is C18H23N3O3S. The lowest BCUT2D eigenvalue weighted by molar-refractivity contribution is 0.0748. The standard InChI is InChI=1S/C18H23N3O3S/c1-13-6-4-5-7-17(13)20-25(23,24)16-10-8-15(9-11-16)18(22)21(3)14(2)12-19/h4-11,14,20H,12,19H2,1-3H3. The van der Waals surface area contributed by atoms with E-state index in [0.717, 1.165) is 5.56 Å². The van der Waals surface area contributed by atoms with Crippen LogP contribution in [0.5, 0.6) is 0 Å². The molecule has 0 aliphatic heterocycles. The van der Waals surface area contributed by atoms with Gasteiger partial charge in [0.2, 0.25) is 0 Å². The van der Waals surface area contributed by atoms with Crippen LogP contribution in [0.1, 0.15) is 22.8 Å². The third-order valence-electron chi connectivity index (χ3n) is 4.12. The van der Waals surface area contributed by atoms with Crippen molar-refractivity contribution in [3.8, 4) is 0 Å². The molecule has 6 nitrogen and oxygen atoms in total. The third kappa shape index (κ3) is 4.37. The first-order valence-electron chi connectivity index (χ1n) is 7.92. The molecule has 0 saturated carbocycles. The normalized spacial score (nSPS) is 12.5. The highest BCUT2D eigenvalue weighted by Gasteiger charge is 2.19. The second-order valence-electron chi connectivity index (χ2n) is 5.95. The van der Waals surface area contributed by atoms with Gasteiger partial charge in [-0.05, 0) is 49.7 Å². The van der Waals surface area contributed by atoms with Crippen LogP contribution in [0.25, 0.3) is 0 Å². The van der Waals surface area contributed by atoms with Crippen LogP contribution in [0.3, 0.4) is 0 Å². The van der Waals surface area contributed by atoms with E-state index in [9.17, 15) is 13.2 Å². The number of sulfonamides is 1. The highest BCUT2D eigenvalue weighted by molar-refractivity contribution is 7.92. The molecular weight excluding hydrogens is 338 g/mol. The minimum absolute atomic E-state index is 0.0985. The molecule has 25 heavy (non-hydrogen) atoms. The van der Waals surface area contributed by atoms with E-state index >= 15 is 0 Å². The molecule has 7 heteroatoms. The molecule has 0 radical (unpaired) electrons. The summed E-state index contributed by atoms with van der Waals surface area (Å²) in [5, 5.41) is 0. The van der Waals surface area contributed by atoms with Gasteiger partial charge in [0.05, 0.1) is 10.6 Å². The van der Waals surface area contributed by atoms with Crippen molar-refractivity contribution in [1.29, 1.82) is 0 Å². The first-order chi connectivity index (χ1) is 11.8. The fourth-order valence-corrected chi connectivity index (χ4v) is 3.36. The first-order valence-corrected chi connectivity index (χ1v) is 9.40. The van der Waals surface area contributed by atoms with Gasteiger partial charge in [-0.2, -0.15) is 0 Å². The zero-order valence-electron chi connectivity index (χ0n) is 14.6. The molecule has 1 unspecified atom stereocenters. The molecule has 134 valence electrons. The maximum Gasteiger partial charge on any atom is 0.261 e. The zero-order chi connectivity index (χ0) is 18.6. The number of nitrogens with zero attached hydrogens (tertiary/aromatic N) is 1. The van der Waals surface area contributed by atoms with Gasteiger partial charge in [-0.3, -0.25) is 9.52 Å². The molecule has 2 rings (SSSR count). The molecule has 3 N–H and O–H groups in total. The van der Waals surface area contributed by atoms with Crippen LogP contribution in [0, 0.1) is 6.92 Å². The summed E-state index contributed by atoms with van der Waals surface area (Å²) < 4.78 is 27.6. The lowest BCUT2D eigenvalue weighted by Gasteiger charge is -2.23. The topological polar surface area (TPSA) is 92.5 Å². The molecule has 2 aromatic rings. The van der Waals surface area contributed by atoms with Gasteiger partial charge in [0.25, 0.3) is 15.9 Å². The predicted octanol–water partition coefficient (Wildman–Crippen LogP) is 2.22. The molecule has 0 bridgehead atoms. The van der Waals surface area contributed by atoms with E-state index in [0.29, 0.717) is 17.8 Å². The Bertz CT molecular complexity index is 848. The molecule has 0 saturated heterocycles. The van der Waals surface area contributed by atoms with Gasteiger partial charge in [0.15, 0.2) is 0 Å². The van der Waals surface area contributed by atoms with Crippen LogP contribution < -0.4 is 10.5 Å². The van der Waals surface area contributed by atoms with Crippen molar-refractivity contribution in [2.45, 2.75) is 24.8 Å². The lowest BCUT2D eigenvalue weighted by atomic mass is 10.2. The fourth-order valence-electron chi connectivity index (χ4n) is 2.23. The zero-order valence-corrected chi connectivity index (χ0v) is 15.4. The summed E-state index contributed by atoms with van der Waals surface area (Å²) >= 11 is 0. The maximum absolute atomic E-state index is 12.5. The summed E-state index contributed by atoms with van der Waals surface area (Å²) in [4.78, 5) is 14.0. The smallest absolute Gasteiger partial charge is 0.261 e. The Morgan fingerprint density at radius 2 is 1.76 bits per heavy atom. The summed E-state index contributed by atoms with van der Waals surface area (Å²) in [6.45, 7) is 4.03. The fraction of sp³-hybridized carbons (Fsp3) is 0.278. The van der Waals surface area contributed by atoms with Gasteiger partial charge in [-0.15, -0.1) is 0 Å². The highest BCUT2D eigenvalue weighted by atomic mass is 32.2. The van der Waals surface area contributed by atoms with E-state index < -0.39 is 10.0 Å². The number of amides is 1. The number of carbonyl (C=O) groups excluding carboxylic acids is 1. The van der Waals surface area contributed by atoms with Crippen LogP contribution in [-0.2, 0) is 10.0 Å². The number of para-hydroxylation sites is 1. The maximum atomic E-state index is 12.5. The van der Waals surface area contributed by atoms with Crippen molar-refractivity contribution >= 4 is 21.6 Å². The SMILES string of the molecule is Cc1ccccc1NS(=O)(=O)c1ccc(C(=O)N(C)C(C)CN)cc1. The average molecular weight is 361 g/mol. The van der Waals surface area contributed by atoms with E-state index in [1.54, 1.807) is 19.2 Å². The number of hydrogen-bond acceptors (Lipinski definition) is 4. The van der Waals surface area contributed by atoms with Crippen LogP contribution in [-0.4, -0.2) is 38.9 Å². The third-order valence-corrected chi connectivity index (χ3v) is 5.50. The van der Waals surface area contributed by atoms with Crippen LogP contribution in [0.15, 0.2) is 53.4 Å². The highest BCUT2D eigenvalue weighted by Crippen LogP contribution is 2.20. The van der Waals surface area contributed by atoms with E-state index in [1.165, 1.54) is 29.2 Å². The minimum Gasteiger partial charge on any atom is -0.338 e. The Morgan fingerprint density at radius 1 is 1.16 bits per heavy atom. The van der Waals surface area contributed by atoms with E-state index in [2.05, 4.69) is 4.72 Å². The van der Waals surface area contributed by atoms with Gasteiger partial charge < -0.3 is 10.6 Å². The van der Waals surface area contributed by atoms with Gasteiger partial charge in [-0.1, -0.05) is 18.2 Å². The summed E-state index contributed by atoms with van der Waals surface area (Å²) in [7, 11) is -2.04. The van der Waals surface area contributed by atoms with Crippen molar-refractivity contribution in [2.75, 3.05) is 18.3 Å². The summed E-state index contributed by atoms with van der Waals surface area (Å²) in [6, 6.07) is 12.9. The van der Waals surface area contributed by atoms with Crippen molar-refractivity contribution < 1.29 is 13.2 Å². The summed E-state index contributed by atoms with van der Waals surface area (Å²) in [5.74, 6) is -0.200. The quantitative estimate of drug-likeness (QED) is 0.825. The molecule has 0 fully saturated rings. The molecule has 0 spiro atoms. The Hall–Kier alpha value is -2.38. The largest absolute Gasteiger partial charge is 0.338 e. The Kier molecular flexibility index (Phi) is 5.81. The van der Waals surface area contributed by atoms with E-state index in [-0.39, 0.29) is 16.8 Å². The van der Waals surface area contributed by atoms with Crippen LogP contribution in [0.4, 0.5) is 5.69 Å². The van der Waals surface area contributed by atoms with Crippen LogP contribution in [0.2, 0.25) is 0 Å². The van der Waals surface area contributed by atoms with Crippen molar-refractivity contribution in [3.63, 3.8) is 0 Å². The van der Waals surface area contributed by atoms with Crippen molar-refractivity contribution in [3.05, 3.63) is 59.7 Å². The first kappa shape index (κ1) is 19.0. The Balaban J connectivity index is 2.21. The number of benzene rings is 2.